The lowest BCUT2D eigenvalue weighted by Crippen LogP contribution is -2.13. The summed E-state index contributed by atoms with van der Waals surface area (Å²) in [5.41, 5.74) is 1.68. The molecule has 2 aromatic carbocycles. The molecule has 2 aromatic heterocycles. The largest absolute Gasteiger partial charge is 0.495 e. The monoisotopic (exact) mass is 549 g/mol. The van der Waals surface area contributed by atoms with Crippen molar-refractivity contribution in [2.45, 2.75) is 0 Å². The molecule has 30 heavy (non-hydrogen) atoms. The van der Waals surface area contributed by atoms with Crippen LogP contribution in [0.4, 0.5) is 10.8 Å². The maximum absolute atomic E-state index is 12.8. The molecule has 10 heteroatoms. The zero-order valence-corrected chi connectivity index (χ0v) is 19.4. The molecule has 0 aliphatic carbocycles. The molecule has 152 valence electrons. The van der Waals surface area contributed by atoms with E-state index in [1.54, 1.807) is 42.5 Å². The zero-order valence-electron chi connectivity index (χ0n) is 15.4. The van der Waals surface area contributed by atoms with Gasteiger partial charge in [0, 0.05) is 10.2 Å². The van der Waals surface area contributed by atoms with Gasteiger partial charge in [0.1, 0.15) is 5.75 Å². The molecule has 2 N–H and O–H groups in total. The summed E-state index contributed by atoms with van der Waals surface area (Å²) in [6, 6.07) is 12.0. The van der Waals surface area contributed by atoms with E-state index in [2.05, 4.69) is 47.5 Å². The van der Waals surface area contributed by atoms with Crippen molar-refractivity contribution in [2.75, 3.05) is 17.7 Å². The molecule has 0 spiro atoms. The number of benzene rings is 2. The maximum atomic E-state index is 12.8. The van der Waals surface area contributed by atoms with Crippen molar-refractivity contribution in [2.24, 2.45) is 0 Å². The van der Waals surface area contributed by atoms with E-state index in [1.807, 2.05) is 0 Å². The lowest BCUT2D eigenvalue weighted by Gasteiger charge is -2.11. The van der Waals surface area contributed by atoms with Gasteiger partial charge in [0.05, 0.1) is 33.6 Å². The summed E-state index contributed by atoms with van der Waals surface area (Å²) in [6.45, 7) is 0. The van der Waals surface area contributed by atoms with Gasteiger partial charge in [-0.25, -0.2) is 4.98 Å². The highest BCUT2D eigenvalue weighted by Crippen LogP contribution is 2.34. The number of anilines is 2. The average Bonchev–Trinajstić information content (AvgIpc) is 3.36. The van der Waals surface area contributed by atoms with Crippen molar-refractivity contribution in [3.63, 3.8) is 0 Å². The number of fused-ring (bicyclic) bond motifs is 1. The Morgan fingerprint density at radius 2 is 1.93 bits per heavy atom. The highest BCUT2D eigenvalue weighted by molar-refractivity contribution is 9.11. The minimum Gasteiger partial charge on any atom is -0.495 e. The molecule has 0 saturated heterocycles. The number of amides is 2. The van der Waals surface area contributed by atoms with Gasteiger partial charge in [-0.3, -0.25) is 14.9 Å². The second-order valence-electron chi connectivity index (χ2n) is 6.06. The van der Waals surface area contributed by atoms with Gasteiger partial charge < -0.3 is 14.5 Å². The molecular formula is C20H13Br2N3O4S. The van der Waals surface area contributed by atoms with Gasteiger partial charge in [-0.05, 0) is 58.4 Å². The van der Waals surface area contributed by atoms with Crippen LogP contribution in [0.3, 0.4) is 0 Å². The fourth-order valence-corrected chi connectivity index (χ4v) is 5.04. The molecule has 0 bridgehead atoms. The van der Waals surface area contributed by atoms with Crippen molar-refractivity contribution in [3.8, 4) is 5.75 Å². The minimum absolute atomic E-state index is 0.205. The molecule has 4 aromatic rings. The first-order valence-electron chi connectivity index (χ1n) is 8.54. The van der Waals surface area contributed by atoms with Crippen LogP contribution in [0.1, 0.15) is 20.9 Å². The van der Waals surface area contributed by atoms with Crippen molar-refractivity contribution in [1.82, 2.24) is 4.98 Å². The van der Waals surface area contributed by atoms with E-state index in [1.165, 1.54) is 24.7 Å². The van der Waals surface area contributed by atoms with Crippen LogP contribution in [-0.4, -0.2) is 23.9 Å². The lowest BCUT2D eigenvalue weighted by molar-refractivity contribution is 0.0994. The number of nitrogens with one attached hydrogen (secondary N) is 2. The van der Waals surface area contributed by atoms with Gasteiger partial charge in [-0.1, -0.05) is 27.3 Å². The van der Waals surface area contributed by atoms with Gasteiger partial charge in [0.25, 0.3) is 11.8 Å². The van der Waals surface area contributed by atoms with Gasteiger partial charge >= 0.3 is 0 Å². The summed E-state index contributed by atoms with van der Waals surface area (Å²) in [5.74, 6) is -0.0437. The number of halogens is 2. The van der Waals surface area contributed by atoms with Gasteiger partial charge in [-0.15, -0.1) is 0 Å². The summed E-state index contributed by atoms with van der Waals surface area (Å²) in [4.78, 5) is 29.3. The third kappa shape index (κ3) is 4.25. The molecule has 0 aliphatic heterocycles. The fraction of sp³-hybridized carbons (Fsp3) is 0.0500. The zero-order chi connectivity index (χ0) is 21.3. The number of hydrogen-bond acceptors (Lipinski definition) is 6. The predicted molar refractivity (Wildman–Crippen MR) is 123 cm³/mol. The summed E-state index contributed by atoms with van der Waals surface area (Å²) < 4.78 is 12.7. The van der Waals surface area contributed by atoms with Crippen molar-refractivity contribution in [3.05, 3.63) is 69.0 Å². The Morgan fingerprint density at radius 3 is 2.67 bits per heavy atom. The van der Waals surface area contributed by atoms with Gasteiger partial charge in [0.2, 0.25) is 0 Å². The van der Waals surface area contributed by atoms with Gasteiger partial charge in [-0.2, -0.15) is 0 Å². The fourth-order valence-electron chi connectivity index (χ4n) is 2.76. The van der Waals surface area contributed by atoms with Crippen molar-refractivity contribution < 1.29 is 18.7 Å². The molecule has 0 aliphatic rings. The molecule has 0 unspecified atom stereocenters. The number of rotatable bonds is 5. The summed E-state index contributed by atoms with van der Waals surface area (Å²) in [6.07, 6.45) is 1.43. The second-order valence-corrected chi connectivity index (χ2v) is 8.86. The first-order valence-corrected chi connectivity index (χ1v) is 10.9. The first kappa shape index (κ1) is 20.6. The normalized spacial score (nSPS) is 10.8. The number of ether oxygens (including phenoxy) is 1. The lowest BCUT2D eigenvalue weighted by atomic mass is 10.2. The van der Waals surface area contributed by atoms with E-state index in [-0.39, 0.29) is 17.6 Å². The number of aromatic nitrogens is 1. The van der Waals surface area contributed by atoms with E-state index in [0.717, 1.165) is 9.17 Å². The number of carbonyl (C=O) groups excluding carboxylic acids is 2. The van der Waals surface area contributed by atoms with Crippen LogP contribution < -0.4 is 15.4 Å². The summed E-state index contributed by atoms with van der Waals surface area (Å²) >= 11 is 8.08. The molecule has 4 rings (SSSR count). The third-order valence-electron chi connectivity index (χ3n) is 4.07. The molecule has 0 fully saturated rings. The maximum Gasteiger partial charge on any atom is 0.293 e. The van der Waals surface area contributed by atoms with E-state index in [9.17, 15) is 9.59 Å². The quantitative estimate of drug-likeness (QED) is 0.321. The smallest absolute Gasteiger partial charge is 0.293 e. The molecular weight excluding hydrogens is 538 g/mol. The number of furan rings is 1. The van der Waals surface area contributed by atoms with Crippen LogP contribution in [0, 0.1) is 0 Å². The Balaban J connectivity index is 1.56. The summed E-state index contributed by atoms with van der Waals surface area (Å²) in [7, 11) is 1.51. The van der Waals surface area contributed by atoms with Crippen LogP contribution in [0.25, 0.3) is 10.2 Å². The highest BCUT2D eigenvalue weighted by atomic mass is 79.9. The molecule has 7 nitrogen and oxygen atoms in total. The number of carbonyl (C=O) groups is 2. The number of hydrogen-bond donors (Lipinski definition) is 2. The van der Waals surface area contributed by atoms with Crippen molar-refractivity contribution >= 4 is 76.0 Å². The number of nitrogens with zero attached hydrogens (tertiary/aromatic N) is 1. The molecule has 0 radical (unpaired) electrons. The van der Waals surface area contributed by atoms with E-state index >= 15 is 0 Å². The topological polar surface area (TPSA) is 93.5 Å². The minimum atomic E-state index is -0.375. The average molecular weight is 551 g/mol. The molecule has 0 atom stereocenters. The Kier molecular flexibility index (Phi) is 5.89. The van der Waals surface area contributed by atoms with E-state index in [0.29, 0.717) is 32.1 Å². The standard InChI is InChI=1S/C20H13Br2N3O4S/c1-28-17-12(7-10(21)8-13(17)22)18(26)23-11-4-5-14-16(9-11)30-20(24-14)25-19(27)15-3-2-6-29-15/h2-9H,1H3,(H,23,26)(H,24,25,27). The second kappa shape index (κ2) is 8.58. The van der Waals surface area contributed by atoms with Crippen LogP contribution in [0.2, 0.25) is 0 Å². The summed E-state index contributed by atoms with van der Waals surface area (Å²) in [5, 5.41) is 6.01. The van der Waals surface area contributed by atoms with Crippen molar-refractivity contribution in [1.29, 1.82) is 0 Å². The Morgan fingerprint density at radius 1 is 1.10 bits per heavy atom. The third-order valence-corrected chi connectivity index (χ3v) is 6.05. The molecule has 0 saturated carbocycles. The Hall–Kier alpha value is -2.69. The molecule has 2 amide bonds. The Bertz CT molecular complexity index is 1250. The van der Waals surface area contributed by atoms with Gasteiger partial charge in [0.15, 0.2) is 10.9 Å². The van der Waals surface area contributed by atoms with E-state index < -0.39 is 0 Å². The SMILES string of the molecule is COc1c(Br)cc(Br)cc1C(=O)Nc1ccc2nc(NC(=O)c3ccco3)sc2c1. The number of methoxy groups -OCH3 is 1. The van der Waals surface area contributed by atoms with Crippen LogP contribution >= 0.6 is 43.2 Å². The highest BCUT2D eigenvalue weighted by Gasteiger charge is 2.17. The number of thiazole rings is 1. The molecule has 2 heterocycles. The first-order chi connectivity index (χ1) is 14.4. The Labute approximate surface area is 191 Å². The van der Waals surface area contributed by atoms with Crippen LogP contribution in [0.15, 0.2) is 62.1 Å². The van der Waals surface area contributed by atoms with E-state index in [4.69, 9.17) is 9.15 Å². The van der Waals surface area contributed by atoms with Crippen LogP contribution in [0.5, 0.6) is 5.75 Å². The predicted octanol–water partition coefficient (Wildman–Crippen LogP) is 5.93. The van der Waals surface area contributed by atoms with Crippen LogP contribution in [-0.2, 0) is 0 Å².